The molecule has 6 atom stereocenters. The molecule has 3 heterocycles. The fourth-order valence-corrected chi connectivity index (χ4v) is 7.07. The monoisotopic (exact) mass is 524 g/mol. The topological polar surface area (TPSA) is 103 Å². The van der Waals surface area contributed by atoms with Gasteiger partial charge in [0, 0.05) is 25.6 Å². The molecular formula is C26H41N2O7P. The summed E-state index contributed by atoms with van der Waals surface area (Å²) in [6.07, 6.45) is 1.15. The van der Waals surface area contributed by atoms with Crippen LogP contribution < -0.4 is 5.09 Å². The highest BCUT2D eigenvalue weighted by Gasteiger charge is 2.56. The molecule has 0 aliphatic carbocycles. The fourth-order valence-electron chi connectivity index (χ4n) is 5.19. The maximum Gasteiger partial charge on any atom is 0.406 e. The van der Waals surface area contributed by atoms with E-state index in [1.54, 1.807) is 21.0 Å². The van der Waals surface area contributed by atoms with Gasteiger partial charge >= 0.3 is 13.7 Å². The van der Waals surface area contributed by atoms with E-state index >= 15 is 0 Å². The van der Waals surface area contributed by atoms with Gasteiger partial charge in [0.05, 0.1) is 19.3 Å². The first kappa shape index (κ1) is 29.0. The van der Waals surface area contributed by atoms with Gasteiger partial charge in [-0.2, -0.15) is 0 Å². The standard InChI is InChI=1S/C26H41N2O7P/c1-18(2)23(25(30)33-15-21-10-8-7-9-11-21)27-36(31,35-19(3)4)34-17-26(16-32-6)24(29)22-12-13-28(26)20(5)14-22/h7-11,18-20,22-23H,12-17H2,1-6H3,(H,27,31)/t20-,22+,23-,26+,36?/m0/s1. The first-order valence-electron chi connectivity index (χ1n) is 12.7. The minimum atomic E-state index is -4.02. The lowest BCUT2D eigenvalue weighted by Gasteiger charge is -2.55. The first-order chi connectivity index (χ1) is 17.0. The molecule has 3 fully saturated rings. The van der Waals surface area contributed by atoms with Crippen molar-refractivity contribution in [1.29, 1.82) is 0 Å². The van der Waals surface area contributed by atoms with Crippen LogP contribution in [0.2, 0.25) is 0 Å². The van der Waals surface area contributed by atoms with Crippen LogP contribution >= 0.6 is 7.75 Å². The van der Waals surface area contributed by atoms with E-state index < -0.39 is 31.4 Å². The van der Waals surface area contributed by atoms with Gasteiger partial charge in [-0.15, -0.1) is 0 Å². The number of carbonyl (C=O) groups excluding carboxylic acids is 2. The lowest BCUT2D eigenvalue weighted by Crippen LogP contribution is -2.71. The highest BCUT2D eigenvalue weighted by Crippen LogP contribution is 2.49. The van der Waals surface area contributed by atoms with Crippen molar-refractivity contribution in [3.63, 3.8) is 0 Å². The van der Waals surface area contributed by atoms with E-state index in [0.29, 0.717) is 0 Å². The second kappa shape index (κ2) is 12.3. The predicted octanol–water partition coefficient (Wildman–Crippen LogP) is 3.96. The first-order valence-corrected chi connectivity index (χ1v) is 14.3. The number of benzene rings is 1. The van der Waals surface area contributed by atoms with Gasteiger partial charge in [-0.05, 0) is 45.1 Å². The number of ether oxygens (including phenoxy) is 2. The van der Waals surface area contributed by atoms with Gasteiger partial charge in [0.1, 0.15) is 18.2 Å². The van der Waals surface area contributed by atoms with Crippen LogP contribution in [0.1, 0.15) is 53.0 Å². The van der Waals surface area contributed by atoms with Crippen LogP contribution in [-0.4, -0.2) is 67.2 Å². The minimum Gasteiger partial charge on any atom is -0.460 e. The molecule has 3 saturated heterocycles. The number of Topliss-reactive ketones (excluding diaryl/α,β-unsaturated/α-hetero) is 1. The van der Waals surface area contributed by atoms with Gasteiger partial charge in [-0.25, -0.2) is 9.65 Å². The predicted molar refractivity (Wildman–Crippen MR) is 136 cm³/mol. The Morgan fingerprint density at radius 3 is 2.47 bits per heavy atom. The van der Waals surface area contributed by atoms with Gasteiger partial charge in [-0.3, -0.25) is 23.5 Å². The number of fused-ring (bicyclic) bond motifs is 3. The van der Waals surface area contributed by atoms with E-state index in [9.17, 15) is 14.2 Å². The van der Waals surface area contributed by atoms with Gasteiger partial charge in [0.2, 0.25) is 0 Å². The van der Waals surface area contributed by atoms with E-state index in [1.165, 1.54) is 0 Å². The molecule has 3 aliphatic rings. The largest absolute Gasteiger partial charge is 0.460 e. The summed E-state index contributed by atoms with van der Waals surface area (Å²) in [5, 5.41) is 2.83. The molecular weight excluding hydrogens is 483 g/mol. The molecule has 1 N–H and O–H groups in total. The third-order valence-electron chi connectivity index (χ3n) is 6.90. The maximum atomic E-state index is 14.0. The zero-order valence-electron chi connectivity index (χ0n) is 22.3. The summed E-state index contributed by atoms with van der Waals surface area (Å²) < 4.78 is 36.6. The average molecular weight is 525 g/mol. The van der Waals surface area contributed by atoms with Crippen molar-refractivity contribution in [2.45, 2.75) is 77.8 Å². The summed E-state index contributed by atoms with van der Waals surface area (Å²) in [5.74, 6) is -0.835. The van der Waals surface area contributed by atoms with Crippen molar-refractivity contribution in [2.75, 3.05) is 26.9 Å². The zero-order chi connectivity index (χ0) is 26.5. The molecule has 2 unspecified atom stereocenters. The van der Waals surface area contributed by atoms with Crippen LogP contribution in [-0.2, 0) is 39.3 Å². The van der Waals surface area contributed by atoms with Crippen molar-refractivity contribution >= 4 is 19.5 Å². The Labute approximate surface area is 214 Å². The number of nitrogens with one attached hydrogen (secondary N) is 1. The van der Waals surface area contributed by atoms with E-state index in [2.05, 4.69) is 16.9 Å². The van der Waals surface area contributed by atoms with Crippen LogP contribution in [0.5, 0.6) is 0 Å². The average Bonchev–Trinajstić information content (AvgIpc) is 2.83. The molecule has 9 nitrogen and oxygen atoms in total. The van der Waals surface area contributed by atoms with Gasteiger partial charge in [0.25, 0.3) is 0 Å². The number of nitrogens with zero attached hydrogens (tertiary/aromatic N) is 1. The van der Waals surface area contributed by atoms with Gasteiger partial charge in [0.15, 0.2) is 5.78 Å². The summed E-state index contributed by atoms with van der Waals surface area (Å²) in [7, 11) is -2.48. The third kappa shape index (κ3) is 6.63. The van der Waals surface area contributed by atoms with Crippen molar-refractivity contribution in [3.8, 4) is 0 Å². The molecule has 202 valence electrons. The summed E-state index contributed by atoms with van der Waals surface area (Å²) in [4.78, 5) is 28.5. The molecule has 1 aromatic carbocycles. The van der Waals surface area contributed by atoms with Gasteiger partial charge < -0.3 is 9.47 Å². The number of esters is 1. The van der Waals surface area contributed by atoms with Crippen LogP contribution in [0.15, 0.2) is 30.3 Å². The number of hydrogen-bond acceptors (Lipinski definition) is 8. The quantitative estimate of drug-likeness (QED) is 0.303. The molecule has 3 aliphatic heterocycles. The Morgan fingerprint density at radius 1 is 1.19 bits per heavy atom. The molecule has 0 amide bonds. The zero-order valence-corrected chi connectivity index (χ0v) is 23.2. The van der Waals surface area contributed by atoms with E-state index in [4.69, 9.17) is 18.5 Å². The lowest BCUT2D eigenvalue weighted by molar-refractivity contribution is -0.164. The number of methoxy groups -OCH3 is 1. The molecule has 1 aromatic rings. The minimum absolute atomic E-state index is 0.0486. The molecule has 36 heavy (non-hydrogen) atoms. The molecule has 0 radical (unpaired) electrons. The second-order valence-electron chi connectivity index (χ2n) is 10.5. The third-order valence-corrected chi connectivity index (χ3v) is 8.67. The maximum absolute atomic E-state index is 14.0. The summed E-state index contributed by atoms with van der Waals surface area (Å²) >= 11 is 0. The smallest absolute Gasteiger partial charge is 0.406 e. The molecule has 4 rings (SSSR count). The molecule has 10 heteroatoms. The second-order valence-corrected chi connectivity index (χ2v) is 12.2. The Bertz CT molecular complexity index is 941. The Morgan fingerprint density at radius 2 is 1.89 bits per heavy atom. The number of hydrogen-bond donors (Lipinski definition) is 1. The number of ketones is 1. The van der Waals surface area contributed by atoms with Gasteiger partial charge in [-0.1, -0.05) is 44.2 Å². The Kier molecular flexibility index (Phi) is 9.88. The Hall–Kier alpha value is -1.61. The Balaban J connectivity index is 1.78. The molecule has 0 spiro atoms. The van der Waals surface area contributed by atoms with Crippen LogP contribution in [0.3, 0.4) is 0 Å². The summed E-state index contributed by atoms with van der Waals surface area (Å²) in [6, 6.07) is 8.59. The normalized spacial score (nSPS) is 28.3. The number of rotatable bonds is 13. The highest BCUT2D eigenvalue weighted by molar-refractivity contribution is 7.51. The van der Waals surface area contributed by atoms with Crippen molar-refractivity contribution in [3.05, 3.63) is 35.9 Å². The number of carbonyl (C=O) groups is 2. The van der Waals surface area contributed by atoms with Crippen LogP contribution in [0.25, 0.3) is 0 Å². The molecule has 0 aromatic heterocycles. The van der Waals surface area contributed by atoms with Crippen LogP contribution in [0.4, 0.5) is 0 Å². The van der Waals surface area contributed by atoms with Crippen molar-refractivity contribution < 1.29 is 32.7 Å². The SMILES string of the molecule is COC[C@@]1(COP(=O)(N[C@H](C(=O)OCc2ccccc2)C(C)C)OC(C)C)C(=O)[C@@H]2CCN1[C@@H](C)C2. The van der Waals surface area contributed by atoms with Crippen LogP contribution in [0, 0.1) is 11.8 Å². The molecule has 0 saturated carbocycles. The lowest BCUT2D eigenvalue weighted by atomic mass is 9.71. The highest BCUT2D eigenvalue weighted by atomic mass is 31.2. The summed E-state index contributed by atoms with van der Waals surface area (Å²) in [6.45, 7) is 10.0. The van der Waals surface area contributed by atoms with E-state index in [0.717, 1.165) is 24.9 Å². The fraction of sp³-hybridized carbons (Fsp3) is 0.692. The van der Waals surface area contributed by atoms with Crippen molar-refractivity contribution in [2.24, 2.45) is 11.8 Å². The number of piperidine rings is 3. The van der Waals surface area contributed by atoms with E-state index in [1.807, 2.05) is 44.2 Å². The summed E-state index contributed by atoms with van der Waals surface area (Å²) in [5.41, 5.74) is -0.199. The van der Waals surface area contributed by atoms with Crippen molar-refractivity contribution in [1.82, 2.24) is 9.99 Å². The molecule has 2 bridgehead atoms. The van der Waals surface area contributed by atoms with E-state index in [-0.39, 0.29) is 43.5 Å².